The van der Waals surface area contributed by atoms with E-state index in [0.717, 1.165) is 12.5 Å². The Morgan fingerprint density at radius 2 is 2.07 bits per heavy atom. The number of ether oxygens (including phenoxy) is 1. The molecule has 14 heavy (non-hydrogen) atoms. The minimum atomic E-state index is -0.420. The summed E-state index contributed by atoms with van der Waals surface area (Å²) in [7, 11) is 0. The second kappa shape index (κ2) is 5.66. The maximum absolute atomic E-state index is 10.9. The molecule has 74 valence electrons. The van der Waals surface area contributed by atoms with E-state index in [0.29, 0.717) is 5.75 Å². The van der Waals surface area contributed by atoms with Gasteiger partial charge in [0.2, 0.25) is 0 Å². The predicted molar refractivity (Wildman–Crippen MR) is 59.3 cm³/mol. The van der Waals surface area contributed by atoms with E-state index in [1.54, 1.807) is 29.0 Å². The molecule has 0 spiro atoms. The van der Waals surface area contributed by atoms with E-state index >= 15 is 0 Å². The zero-order chi connectivity index (χ0) is 10.4. The third-order valence-electron chi connectivity index (χ3n) is 1.74. The number of carbonyl (C=O) groups is 1. The molecule has 0 aliphatic carbocycles. The van der Waals surface area contributed by atoms with Crippen molar-refractivity contribution < 1.29 is 9.53 Å². The van der Waals surface area contributed by atoms with E-state index in [1.807, 2.05) is 12.1 Å². The summed E-state index contributed by atoms with van der Waals surface area (Å²) in [6.45, 7) is 3.33. The van der Waals surface area contributed by atoms with Gasteiger partial charge < -0.3 is 0 Å². The van der Waals surface area contributed by atoms with Gasteiger partial charge in [-0.15, -0.1) is 0 Å². The fourth-order valence-corrected chi connectivity index (χ4v) is 1.75. The molecule has 0 radical (unpaired) electrons. The zero-order valence-corrected chi connectivity index (χ0v) is 10.3. The van der Waals surface area contributed by atoms with Gasteiger partial charge in [-0.2, -0.15) is 0 Å². The molecule has 0 N–H and O–H groups in total. The molecule has 0 aliphatic heterocycles. The molecule has 0 aromatic heterocycles. The average Bonchev–Trinajstić information content (AvgIpc) is 2.21. The van der Waals surface area contributed by atoms with Crippen molar-refractivity contribution in [1.82, 2.24) is 0 Å². The van der Waals surface area contributed by atoms with Crippen LogP contribution < -0.4 is 4.74 Å². The van der Waals surface area contributed by atoms with Crippen molar-refractivity contribution in [3.8, 4) is 5.75 Å². The number of aryl methyl sites for hydroxylation is 1. The Morgan fingerprint density at radius 1 is 1.43 bits per heavy atom. The molecule has 0 saturated heterocycles. The van der Waals surface area contributed by atoms with Gasteiger partial charge in [0.1, 0.15) is 0 Å². The van der Waals surface area contributed by atoms with Crippen LogP contribution in [0.1, 0.15) is 5.56 Å². The third kappa shape index (κ3) is 3.39. The summed E-state index contributed by atoms with van der Waals surface area (Å²) in [6, 6.07) is 7.56. The summed E-state index contributed by atoms with van der Waals surface area (Å²) < 4.78 is 4.94. The van der Waals surface area contributed by atoms with Crippen LogP contribution in [-0.2, 0) is 11.2 Å². The summed E-state index contributed by atoms with van der Waals surface area (Å²) in [5.41, 5.74) is 1.27. The molecular weight excluding hydrogens is 239 g/mol. The van der Waals surface area contributed by atoms with Crippen LogP contribution in [0.3, 0.4) is 0 Å². The van der Waals surface area contributed by atoms with Crippen molar-refractivity contribution in [2.24, 2.45) is 0 Å². The van der Waals surface area contributed by atoms with Gasteiger partial charge in [0.15, 0.2) is 0 Å². The summed E-state index contributed by atoms with van der Waals surface area (Å²) in [4.78, 5) is 10.9. The second-order valence-electron chi connectivity index (χ2n) is 2.81. The number of hydrogen-bond donors (Lipinski definition) is 0. The quantitative estimate of drug-likeness (QED) is 0.350. The van der Waals surface area contributed by atoms with Crippen LogP contribution in [0.15, 0.2) is 36.9 Å². The number of hydrogen-bond acceptors (Lipinski definition) is 2. The van der Waals surface area contributed by atoms with Gasteiger partial charge in [-0.05, 0) is 0 Å². The van der Waals surface area contributed by atoms with E-state index in [1.165, 1.54) is 10.8 Å². The molecule has 0 fully saturated rings. The summed E-state index contributed by atoms with van der Waals surface area (Å²) >= 11 is 1.72. The standard InChI is InChI=1S/C11H13AsO2/c1-2-11(13)14-10-5-3-9(4-6-10)7-8-12/h2-6H,1,7-8,12H2. The first-order valence-electron chi connectivity index (χ1n) is 4.39. The summed E-state index contributed by atoms with van der Waals surface area (Å²) in [5, 5.41) is 1.18. The van der Waals surface area contributed by atoms with Crippen LogP contribution >= 0.6 is 0 Å². The van der Waals surface area contributed by atoms with Gasteiger partial charge in [0.25, 0.3) is 0 Å². The van der Waals surface area contributed by atoms with Crippen LogP contribution in [-0.4, -0.2) is 22.8 Å². The van der Waals surface area contributed by atoms with Crippen molar-refractivity contribution in [3.63, 3.8) is 0 Å². The normalized spacial score (nSPS) is 9.50. The summed E-state index contributed by atoms with van der Waals surface area (Å²) in [6.07, 6.45) is 2.23. The van der Waals surface area contributed by atoms with Crippen molar-refractivity contribution in [3.05, 3.63) is 42.5 Å². The van der Waals surface area contributed by atoms with Gasteiger partial charge >= 0.3 is 92.2 Å². The van der Waals surface area contributed by atoms with Crippen LogP contribution in [0.25, 0.3) is 0 Å². The first kappa shape index (κ1) is 11.1. The fourth-order valence-electron chi connectivity index (χ4n) is 1.05. The molecule has 1 atom stereocenters. The van der Waals surface area contributed by atoms with Crippen LogP contribution in [0, 0.1) is 0 Å². The Hall–Kier alpha value is -1.01. The van der Waals surface area contributed by atoms with Crippen LogP contribution in [0.4, 0.5) is 0 Å². The maximum atomic E-state index is 10.9. The minimum absolute atomic E-state index is 0.420. The molecule has 1 rings (SSSR count). The Bertz CT molecular complexity index is 317. The number of carbonyl (C=O) groups excluding carboxylic acids is 1. The predicted octanol–water partition coefficient (Wildman–Crippen LogP) is 1.37. The number of rotatable bonds is 4. The second-order valence-corrected chi connectivity index (χ2v) is 4.02. The average molecular weight is 252 g/mol. The molecule has 1 aromatic rings. The van der Waals surface area contributed by atoms with E-state index in [9.17, 15) is 4.79 Å². The molecule has 2 nitrogen and oxygen atoms in total. The molecule has 1 unspecified atom stereocenters. The number of benzene rings is 1. The van der Waals surface area contributed by atoms with E-state index < -0.39 is 5.97 Å². The molecule has 0 aliphatic rings. The molecule has 0 saturated carbocycles. The first-order valence-corrected chi connectivity index (χ1v) is 6.11. The van der Waals surface area contributed by atoms with Crippen molar-refractivity contribution in [1.29, 1.82) is 0 Å². The zero-order valence-electron chi connectivity index (χ0n) is 7.90. The Morgan fingerprint density at radius 3 is 2.57 bits per heavy atom. The molecular formula is C11H13AsO2. The molecule has 0 bridgehead atoms. The Kier molecular flexibility index (Phi) is 4.48. The SMILES string of the molecule is C=CC(=O)Oc1ccc(CC[AsH2])cc1. The fraction of sp³-hybridized carbons (Fsp3) is 0.182. The van der Waals surface area contributed by atoms with E-state index in [4.69, 9.17) is 4.74 Å². The molecule has 1 aromatic carbocycles. The van der Waals surface area contributed by atoms with Gasteiger partial charge in [-0.3, -0.25) is 0 Å². The Balaban J connectivity index is 2.63. The van der Waals surface area contributed by atoms with Crippen molar-refractivity contribution in [2.45, 2.75) is 11.6 Å². The van der Waals surface area contributed by atoms with E-state index in [2.05, 4.69) is 6.58 Å². The van der Waals surface area contributed by atoms with Gasteiger partial charge in [0, 0.05) is 0 Å². The van der Waals surface area contributed by atoms with Gasteiger partial charge in [-0.1, -0.05) is 0 Å². The molecule has 0 amide bonds. The number of esters is 1. The van der Waals surface area contributed by atoms with Crippen LogP contribution in [0.2, 0.25) is 5.21 Å². The van der Waals surface area contributed by atoms with Crippen molar-refractivity contribution in [2.75, 3.05) is 0 Å². The molecule has 0 heterocycles. The van der Waals surface area contributed by atoms with Gasteiger partial charge in [0.05, 0.1) is 0 Å². The van der Waals surface area contributed by atoms with E-state index in [-0.39, 0.29) is 0 Å². The Labute approximate surface area is 92.5 Å². The van der Waals surface area contributed by atoms with Crippen LogP contribution in [0.5, 0.6) is 5.75 Å². The summed E-state index contributed by atoms with van der Waals surface area (Å²) in [5.74, 6) is 0.150. The monoisotopic (exact) mass is 252 g/mol. The third-order valence-corrected chi connectivity index (χ3v) is 2.35. The first-order chi connectivity index (χ1) is 6.76. The topological polar surface area (TPSA) is 26.3 Å². The van der Waals surface area contributed by atoms with Crippen molar-refractivity contribution >= 4 is 22.8 Å². The molecule has 3 heteroatoms. The van der Waals surface area contributed by atoms with Gasteiger partial charge in [-0.25, -0.2) is 0 Å².